The maximum Gasteiger partial charge on any atom is 0.336 e. The van der Waals surface area contributed by atoms with E-state index >= 15 is 0 Å². The molecular weight excluding hydrogens is 202 g/mol. The third-order valence-electron chi connectivity index (χ3n) is 1.78. The highest BCUT2D eigenvalue weighted by Gasteiger charge is 2.10. The number of carboxylic acids is 1. The second-order valence-electron chi connectivity index (χ2n) is 3.34. The van der Waals surface area contributed by atoms with Crippen LogP contribution in [-0.4, -0.2) is 30.1 Å². The van der Waals surface area contributed by atoms with E-state index in [4.69, 9.17) is 16.7 Å². The van der Waals surface area contributed by atoms with Gasteiger partial charge in [-0.1, -0.05) is 11.6 Å². The topological polar surface area (TPSA) is 40.5 Å². The van der Waals surface area contributed by atoms with Gasteiger partial charge in [-0.2, -0.15) is 0 Å². The fraction of sp³-hybridized carbons (Fsp3) is 0.300. The molecular formula is C10H12ClNO2. The Bertz CT molecular complexity index is 350. The van der Waals surface area contributed by atoms with Crippen molar-refractivity contribution in [2.75, 3.05) is 14.1 Å². The molecule has 14 heavy (non-hydrogen) atoms. The normalized spacial score (nSPS) is 10.6. The lowest BCUT2D eigenvalue weighted by molar-refractivity contribution is 0.0695. The van der Waals surface area contributed by atoms with Crippen LogP contribution in [-0.2, 0) is 6.54 Å². The molecule has 0 bridgehead atoms. The number of carboxylic acid groups (broad SMARTS) is 1. The van der Waals surface area contributed by atoms with E-state index in [9.17, 15) is 4.79 Å². The van der Waals surface area contributed by atoms with Gasteiger partial charge in [-0.25, -0.2) is 4.79 Å². The molecule has 76 valence electrons. The Morgan fingerprint density at radius 1 is 1.50 bits per heavy atom. The van der Waals surface area contributed by atoms with Gasteiger partial charge >= 0.3 is 5.97 Å². The molecule has 0 unspecified atom stereocenters. The van der Waals surface area contributed by atoms with E-state index in [1.165, 1.54) is 6.07 Å². The Morgan fingerprint density at radius 3 is 2.64 bits per heavy atom. The van der Waals surface area contributed by atoms with Crippen LogP contribution < -0.4 is 0 Å². The van der Waals surface area contributed by atoms with Crippen molar-refractivity contribution >= 4 is 17.6 Å². The van der Waals surface area contributed by atoms with Gasteiger partial charge in [0.1, 0.15) is 0 Å². The number of hydrogen-bond acceptors (Lipinski definition) is 2. The van der Waals surface area contributed by atoms with Gasteiger partial charge in [-0.15, -0.1) is 0 Å². The van der Waals surface area contributed by atoms with Crippen LogP contribution in [0.4, 0.5) is 0 Å². The molecule has 0 saturated heterocycles. The molecule has 1 aromatic carbocycles. The number of aromatic carboxylic acids is 1. The van der Waals surface area contributed by atoms with E-state index in [1.54, 1.807) is 12.1 Å². The van der Waals surface area contributed by atoms with Crippen LogP contribution in [0, 0.1) is 0 Å². The Morgan fingerprint density at radius 2 is 2.14 bits per heavy atom. The second kappa shape index (κ2) is 4.44. The third-order valence-corrected chi connectivity index (χ3v) is 2.02. The maximum absolute atomic E-state index is 10.9. The number of benzene rings is 1. The van der Waals surface area contributed by atoms with E-state index in [1.807, 2.05) is 19.0 Å². The maximum atomic E-state index is 10.9. The van der Waals surface area contributed by atoms with Crippen LogP contribution in [0.2, 0.25) is 5.02 Å². The summed E-state index contributed by atoms with van der Waals surface area (Å²) in [5.74, 6) is -0.918. The minimum absolute atomic E-state index is 0.308. The van der Waals surface area contributed by atoms with Crippen LogP contribution in [0.15, 0.2) is 18.2 Å². The van der Waals surface area contributed by atoms with Crippen molar-refractivity contribution in [1.82, 2.24) is 4.90 Å². The smallest absolute Gasteiger partial charge is 0.336 e. The van der Waals surface area contributed by atoms with Crippen LogP contribution in [0.25, 0.3) is 0 Å². The van der Waals surface area contributed by atoms with E-state index < -0.39 is 5.97 Å². The Kier molecular flexibility index (Phi) is 3.49. The third kappa shape index (κ3) is 2.72. The SMILES string of the molecule is CN(C)Cc1cc(Cl)ccc1C(=O)O. The van der Waals surface area contributed by atoms with E-state index in [0.29, 0.717) is 17.1 Å². The average molecular weight is 214 g/mol. The Labute approximate surface area is 87.9 Å². The van der Waals surface area contributed by atoms with E-state index in [2.05, 4.69) is 0 Å². The Balaban J connectivity index is 3.09. The standard InChI is InChI=1S/C10H12ClNO2/c1-12(2)6-7-5-8(11)3-4-9(7)10(13)14/h3-5H,6H2,1-2H3,(H,13,14). The van der Waals surface area contributed by atoms with Gasteiger partial charge in [-0.05, 0) is 37.9 Å². The van der Waals surface area contributed by atoms with Gasteiger partial charge in [0.15, 0.2) is 0 Å². The molecule has 0 radical (unpaired) electrons. The van der Waals surface area contributed by atoms with E-state index in [-0.39, 0.29) is 0 Å². The lowest BCUT2D eigenvalue weighted by Gasteiger charge is -2.12. The minimum atomic E-state index is -0.918. The number of carbonyl (C=O) groups is 1. The molecule has 0 aliphatic heterocycles. The quantitative estimate of drug-likeness (QED) is 0.836. The molecule has 0 atom stereocenters. The summed E-state index contributed by atoms with van der Waals surface area (Å²) in [5, 5.41) is 9.47. The van der Waals surface area contributed by atoms with Gasteiger partial charge in [0.2, 0.25) is 0 Å². The summed E-state index contributed by atoms with van der Waals surface area (Å²) in [6.45, 7) is 0.572. The summed E-state index contributed by atoms with van der Waals surface area (Å²) in [7, 11) is 3.76. The summed E-state index contributed by atoms with van der Waals surface area (Å²) in [6, 6.07) is 4.80. The Hall–Kier alpha value is -1.06. The molecule has 0 aromatic heterocycles. The lowest BCUT2D eigenvalue weighted by Crippen LogP contribution is -2.14. The first-order chi connectivity index (χ1) is 6.50. The van der Waals surface area contributed by atoms with Gasteiger partial charge in [0.05, 0.1) is 5.56 Å². The predicted molar refractivity (Wildman–Crippen MR) is 55.8 cm³/mol. The van der Waals surface area contributed by atoms with Crippen LogP contribution in [0.3, 0.4) is 0 Å². The summed E-state index contributed by atoms with van der Waals surface area (Å²) in [4.78, 5) is 12.8. The molecule has 0 fully saturated rings. The highest BCUT2D eigenvalue weighted by atomic mass is 35.5. The highest BCUT2D eigenvalue weighted by molar-refractivity contribution is 6.30. The van der Waals surface area contributed by atoms with Crippen molar-refractivity contribution in [1.29, 1.82) is 0 Å². The van der Waals surface area contributed by atoms with Crippen molar-refractivity contribution in [3.63, 3.8) is 0 Å². The number of rotatable bonds is 3. The monoisotopic (exact) mass is 213 g/mol. The first-order valence-corrected chi connectivity index (χ1v) is 4.55. The number of nitrogens with zero attached hydrogens (tertiary/aromatic N) is 1. The fourth-order valence-electron chi connectivity index (χ4n) is 1.24. The van der Waals surface area contributed by atoms with Crippen molar-refractivity contribution in [2.24, 2.45) is 0 Å². The summed E-state index contributed by atoms with van der Waals surface area (Å²) in [5.41, 5.74) is 1.04. The van der Waals surface area contributed by atoms with Crippen LogP contribution in [0.5, 0.6) is 0 Å². The molecule has 4 heteroatoms. The zero-order valence-electron chi connectivity index (χ0n) is 8.12. The van der Waals surface area contributed by atoms with Crippen molar-refractivity contribution < 1.29 is 9.90 Å². The van der Waals surface area contributed by atoms with Crippen molar-refractivity contribution in [3.05, 3.63) is 34.3 Å². The zero-order chi connectivity index (χ0) is 10.7. The summed E-state index contributed by atoms with van der Waals surface area (Å²) in [6.07, 6.45) is 0. The molecule has 3 nitrogen and oxygen atoms in total. The molecule has 1 N–H and O–H groups in total. The average Bonchev–Trinajstić information content (AvgIpc) is 2.01. The zero-order valence-corrected chi connectivity index (χ0v) is 8.88. The lowest BCUT2D eigenvalue weighted by atomic mass is 10.1. The van der Waals surface area contributed by atoms with Crippen LogP contribution in [0.1, 0.15) is 15.9 Å². The molecule has 0 aliphatic rings. The molecule has 0 saturated carbocycles. The minimum Gasteiger partial charge on any atom is -0.478 e. The van der Waals surface area contributed by atoms with Gasteiger partial charge < -0.3 is 10.0 Å². The van der Waals surface area contributed by atoms with Crippen LogP contribution >= 0.6 is 11.6 Å². The fourth-order valence-corrected chi connectivity index (χ4v) is 1.44. The molecule has 1 aromatic rings. The van der Waals surface area contributed by atoms with Gasteiger partial charge in [-0.3, -0.25) is 0 Å². The largest absolute Gasteiger partial charge is 0.478 e. The van der Waals surface area contributed by atoms with Gasteiger partial charge in [0, 0.05) is 11.6 Å². The predicted octanol–water partition coefficient (Wildman–Crippen LogP) is 2.10. The highest BCUT2D eigenvalue weighted by Crippen LogP contribution is 2.17. The molecule has 0 aliphatic carbocycles. The molecule has 0 heterocycles. The summed E-state index contributed by atoms with van der Waals surface area (Å²) < 4.78 is 0. The second-order valence-corrected chi connectivity index (χ2v) is 3.78. The molecule has 0 amide bonds. The summed E-state index contributed by atoms with van der Waals surface area (Å²) >= 11 is 5.79. The number of hydrogen-bond donors (Lipinski definition) is 1. The van der Waals surface area contributed by atoms with Gasteiger partial charge in [0.25, 0.3) is 0 Å². The molecule has 1 rings (SSSR count). The van der Waals surface area contributed by atoms with E-state index in [0.717, 1.165) is 5.56 Å². The molecule has 0 spiro atoms. The van der Waals surface area contributed by atoms with Crippen molar-refractivity contribution in [3.8, 4) is 0 Å². The first kappa shape index (κ1) is 11.0. The number of halogens is 1. The van der Waals surface area contributed by atoms with Crippen molar-refractivity contribution in [2.45, 2.75) is 6.54 Å². The first-order valence-electron chi connectivity index (χ1n) is 4.17.